The van der Waals surface area contributed by atoms with E-state index in [0.717, 1.165) is 6.42 Å². The third kappa shape index (κ3) is 2.57. The Balaban J connectivity index is 2.30. The highest BCUT2D eigenvalue weighted by Crippen LogP contribution is 2.27. The molecule has 7 nitrogen and oxygen atoms in total. The molecule has 7 heteroatoms. The summed E-state index contributed by atoms with van der Waals surface area (Å²) in [6.07, 6.45) is 0.776. The van der Waals surface area contributed by atoms with Crippen LogP contribution in [0.5, 0.6) is 0 Å². The van der Waals surface area contributed by atoms with E-state index in [9.17, 15) is 14.9 Å². The Morgan fingerprint density at radius 1 is 1.56 bits per heavy atom. The number of nitro groups is 1. The number of nitrogens with two attached hydrogens (primary N) is 1. The molecule has 2 rings (SSSR count). The summed E-state index contributed by atoms with van der Waals surface area (Å²) in [6, 6.07) is 4.04. The van der Waals surface area contributed by atoms with Crippen LogP contribution in [-0.2, 0) is 4.74 Å². The lowest BCUT2D eigenvalue weighted by atomic mass is 10.1. The quantitative estimate of drug-likeness (QED) is 0.610. The van der Waals surface area contributed by atoms with E-state index >= 15 is 0 Å². The highest BCUT2D eigenvalue weighted by Gasteiger charge is 2.21. The lowest BCUT2D eigenvalue weighted by Crippen LogP contribution is -2.20. The third-order valence-electron chi connectivity index (χ3n) is 2.77. The maximum atomic E-state index is 11.1. The number of primary amides is 1. The summed E-state index contributed by atoms with van der Waals surface area (Å²) in [5.41, 5.74) is 5.61. The van der Waals surface area contributed by atoms with Gasteiger partial charge in [-0.05, 0) is 18.6 Å². The minimum Gasteiger partial charge on any atom is -0.379 e. The summed E-state index contributed by atoms with van der Waals surface area (Å²) in [7, 11) is 0. The number of rotatable bonds is 4. The summed E-state index contributed by atoms with van der Waals surface area (Å²) in [5.74, 6) is -0.615. The van der Waals surface area contributed by atoms with E-state index in [1.807, 2.05) is 0 Å². The molecule has 18 heavy (non-hydrogen) atoms. The molecular weight excluding hydrogens is 238 g/mol. The Bertz CT molecular complexity index is 483. The minimum absolute atomic E-state index is 0.0202. The van der Waals surface area contributed by atoms with Crippen LogP contribution in [-0.4, -0.2) is 30.1 Å². The number of nitro benzene ring substituents is 1. The van der Waals surface area contributed by atoms with Crippen LogP contribution < -0.4 is 11.1 Å². The standard InChI is InChI=1S/C11H13N3O4/c12-11(15)7-1-2-10(14(16)17)9(5-7)13-8-3-4-18-6-8/h1-2,5,8,13H,3-4,6H2,(H2,12,15). The van der Waals surface area contributed by atoms with Gasteiger partial charge in [-0.15, -0.1) is 0 Å². The monoisotopic (exact) mass is 251 g/mol. The maximum Gasteiger partial charge on any atom is 0.292 e. The summed E-state index contributed by atoms with van der Waals surface area (Å²) in [5, 5.41) is 13.9. The Morgan fingerprint density at radius 3 is 2.89 bits per heavy atom. The molecule has 0 aromatic heterocycles. The second kappa shape index (κ2) is 5.01. The zero-order chi connectivity index (χ0) is 13.1. The Labute approximate surface area is 103 Å². The minimum atomic E-state index is -0.615. The van der Waals surface area contributed by atoms with Crippen LogP contribution in [0.3, 0.4) is 0 Å². The Morgan fingerprint density at radius 2 is 2.33 bits per heavy atom. The van der Waals surface area contributed by atoms with Crippen molar-refractivity contribution in [2.45, 2.75) is 12.5 Å². The van der Waals surface area contributed by atoms with E-state index in [1.165, 1.54) is 18.2 Å². The van der Waals surface area contributed by atoms with Crippen molar-refractivity contribution in [2.24, 2.45) is 5.73 Å². The molecule has 3 N–H and O–H groups in total. The van der Waals surface area contributed by atoms with Gasteiger partial charge in [-0.1, -0.05) is 0 Å². The zero-order valence-electron chi connectivity index (χ0n) is 9.59. The van der Waals surface area contributed by atoms with Crippen LogP contribution in [0.25, 0.3) is 0 Å². The summed E-state index contributed by atoms with van der Waals surface area (Å²) in [4.78, 5) is 21.5. The highest BCUT2D eigenvalue weighted by molar-refractivity contribution is 5.94. The van der Waals surface area contributed by atoms with Crippen molar-refractivity contribution in [3.63, 3.8) is 0 Å². The molecule has 1 aromatic rings. The first-order chi connectivity index (χ1) is 8.58. The van der Waals surface area contributed by atoms with Crippen molar-refractivity contribution in [3.05, 3.63) is 33.9 Å². The molecule has 1 fully saturated rings. The molecule has 1 aliphatic rings. The fourth-order valence-corrected chi connectivity index (χ4v) is 1.83. The molecule has 0 saturated carbocycles. The molecule has 0 radical (unpaired) electrons. The number of amides is 1. The molecule has 1 saturated heterocycles. The second-order valence-electron chi connectivity index (χ2n) is 4.06. The van der Waals surface area contributed by atoms with Gasteiger partial charge < -0.3 is 15.8 Å². The summed E-state index contributed by atoms with van der Waals surface area (Å²) in [6.45, 7) is 1.12. The first-order valence-electron chi connectivity index (χ1n) is 5.50. The first kappa shape index (κ1) is 12.3. The number of anilines is 1. The average Bonchev–Trinajstić information content (AvgIpc) is 2.81. The highest BCUT2D eigenvalue weighted by atomic mass is 16.6. The zero-order valence-corrected chi connectivity index (χ0v) is 9.59. The van der Waals surface area contributed by atoms with Gasteiger partial charge in [0, 0.05) is 18.2 Å². The van der Waals surface area contributed by atoms with Gasteiger partial charge in [0.05, 0.1) is 17.6 Å². The van der Waals surface area contributed by atoms with Crippen LogP contribution in [0.15, 0.2) is 18.2 Å². The van der Waals surface area contributed by atoms with Gasteiger partial charge in [0.25, 0.3) is 5.69 Å². The van der Waals surface area contributed by atoms with E-state index in [-0.39, 0.29) is 17.3 Å². The molecule has 1 amide bonds. The Kier molecular flexibility index (Phi) is 3.42. The number of benzene rings is 1. The largest absolute Gasteiger partial charge is 0.379 e. The van der Waals surface area contributed by atoms with E-state index in [4.69, 9.17) is 10.5 Å². The van der Waals surface area contributed by atoms with Crippen molar-refractivity contribution in [3.8, 4) is 0 Å². The molecule has 1 unspecified atom stereocenters. The fraction of sp³-hybridized carbons (Fsp3) is 0.364. The van der Waals surface area contributed by atoms with E-state index < -0.39 is 10.8 Å². The van der Waals surface area contributed by atoms with Crippen molar-refractivity contribution in [1.29, 1.82) is 0 Å². The predicted octanol–water partition coefficient (Wildman–Crippen LogP) is 0.894. The van der Waals surface area contributed by atoms with Gasteiger partial charge in [0.15, 0.2) is 0 Å². The number of hydrogen-bond donors (Lipinski definition) is 2. The summed E-state index contributed by atoms with van der Waals surface area (Å²) >= 11 is 0. The maximum absolute atomic E-state index is 11.1. The van der Waals surface area contributed by atoms with Crippen molar-refractivity contribution in [1.82, 2.24) is 0 Å². The smallest absolute Gasteiger partial charge is 0.292 e. The Hall–Kier alpha value is -2.15. The fourth-order valence-electron chi connectivity index (χ4n) is 1.83. The van der Waals surface area contributed by atoms with E-state index in [1.54, 1.807) is 0 Å². The van der Waals surface area contributed by atoms with Crippen LogP contribution >= 0.6 is 0 Å². The molecule has 1 aliphatic heterocycles. The number of carbonyl (C=O) groups excluding carboxylic acids is 1. The van der Waals surface area contributed by atoms with Gasteiger partial charge in [-0.2, -0.15) is 0 Å². The number of hydrogen-bond acceptors (Lipinski definition) is 5. The SMILES string of the molecule is NC(=O)c1ccc([N+](=O)[O-])c(NC2CCOC2)c1. The third-order valence-corrected chi connectivity index (χ3v) is 2.77. The second-order valence-corrected chi connectivity index (χ2v) is 4.06. The van der Waals surface area contributed by atoms with E-state index in [2.05, 4.69) is 5.32 Å². The molecule has 0 bridgehead atoms. The van der Waals surface area contributed by atoms with Gasteiger partial charge in [0.2, 0.25) is 5.91 Å². The van der Waals surface area contributed by atoms with Gasteiger partial charge in [-0.3, -0.25) is 14.9 Å². The molecule has 1 aromatic carbocycles. The van der Waals surface area contributed by atoms with Gasteiger partial charge >= 0.3 is 0 Å². The number of nitrogens with one attached hydrogen (secondary N) is 1. The van der Waals surface area contributed by atoms with Gasteiger partial charge in [0.1, 0.15) is 5.69 Å². The van der Waals surface area contributed by atoms with Crippen molar-refractivity contribution >= 4 is 17.3 Å². The molecular formula is C11H13N3O4. The normalized spacial score (nSPS) is 18.6. The van der Waals surface area contributed by atoms with Crippen LogP contribution in [0.2, 0.25) is 0 Å². The topological polar surface area (TPSA) is 107 Å². The predicted molar refractivity (Wildman–Crippen MR) is 64.5 cm³/mol. The van der Waals surface area contributed by atoms with E-state index in [0.29, 0.717) is 18.9 Å². The van der Waals surface area contributed by atoms with Crippen LogP contribution in [0.1, 0.15) is 16.8 Å². The van der Waals surface area contributed by atoms with Crippen molar-refractivity contribution < 1.29 is 14.5 Å². The van der Waals surface area contributed by atoms with Crippen LogP contribution in [0.4, 0.5) is 11.4 Å². The molecule has 0 spiro atoms. The lowest BCUT2D eigenvalue weighted by molar-refractivity contribution is -0.384. The molecule has 0 aliphatic carbocycles. The molecule has 1 atom stereocenters. The average molecular weight is 251 g/mol. The summed E-state index contributed by atoms with van der Waals surface area (Å²) < 4.78 is 5.18. The first-order valence-corrected chi connectivity index (χ1v) is 5.50. The number of ether oxygens (including phenoxy) is 1. The van der Waals surface area contributed by atoms with Crippen molar-refractivity contribution in [2.75, 3.05) is 18.5 Å². The molecule has 1 heterocycles. The number of carbonyl (C=O) groups is 1. The molecule has 96 valence electrons. The van der Waals surface area contributed by atoms with Crippen LogP contribution in [0, 0.1) is 10.1 Å². The lowest BCUT2D eigenvalue weighted by Gasteiger charge is -2.12. The van der Waals surface area contributed by atoms with Gasteiger partial charge in [-0.25, -0.2) is 0 Å². The number of nitrogens with zero attached hydrogens (tertiary/aromatic N) is 1.